The molecule has 0 aliphatic carbocycles. The van der Waals surface area contributed by atoms with E-state index in [1.807, 2.05) is 36.4 Å². The molecule has 0 saturated heterocycles. The van der Waals surface area contributed by atoms with Crippen molar-refractivity contribution in [3.8, 4) is 5.75 Å². The molecule has 2 rings (SSSR count). The molecule has 0 unspecified atom stereocenters. The van der Waals surface area contributed by atoms with Crippen LogP contribution in [0.2, 0.25) is 0 Å². The molecule has 4 nitrogen and oxygen atoms in total. The number of methoxy groups -OCH3 is 1. The highest BCUT2D eigenvalue weighted by molar-refractivity contribution is 9.10. The average molecular weight is 349 g/mol. The Balaban J connectivity index is 1.99. The third-order valence-corrected chi connectivity index (χ3v) is 3.48. The average Bonchev–Trinajstić information content (AvgIpc) is 2.47. The highest BCUT2D eigenvalue weighted by atomic mass is 79.9. The smallest absolute Gasteiger partial charge is 0.130 e. The van der Waals surface area contributed by atoms with Crippen LogP contribution in [0.25, 0.3) is 0 Å². The first-order valence-electron chi connectivity index (χ1n) is 6.43. The largest absolute Gasteiger partial charge is 0.496 e. The highest BCUT2D eigenvalue weighted by Crippen LogP contribution is 2.20. The predicted octanol–water partition coefficient (Wildman–Crippen LogP) is 3.46. The van der Waals surface area contributed by atoms with Crippen molar-refractivity contribution in [2.45, 2.75) is 13.2 Å². The van der Waals surface area contributed by atoms with E-state index in [2.05, 4.69) is 15.9 Å². The summed E-state index contributed by atoms with van der Waals surface area (Å²) in [5.41, 5.74) is 8.18. The standard InChI is InChI=1S/C16H17BrN2O2/c1-20-15-8-12(5-6-14(15)16(18)19)10-21-9-11-3-2-4-13(17)7-11/h2-8H,9-10H2,1H3,(H3,18,19). The number of ether oxygens (including phenoxy) is 2. The van der Waals surface area contributed by atoms with Crippen LogP contribution < -0.4 is 10.5 Å². The maximum absolute atomic E-state index is 7.48. The number of halogens is 1. The lowest BCUT2D eigenvalue weighted by molar-refractivity contribution is 0.107. The Morgan fingerprint density at radius 2 is 1.86 bits per heavy atom. The third-order valence-electron chi connectivity index (χ3n) is 2.98. The van der Waals surface area contributed by atoms with Crippen LogP contribution in [0, 0.1) is 5.41 Å². The molecular formula is C16H17BrN2O2. The zero-order chi connectivity index (χ0) is 15.2. The number of nitrogens with two attached hydrogens (primary N) is 1. The fourth-order valence-electron chi connectivity index (χ4n) is 1.96. The van der Waals surface area contributed by atoms with Gasteiger partial charge in [-0.1, -0.05) is 34.1 Å². The van der Waals surface area contributed by atoms with Crippen molar-refractivity contribution in [3.63, 3.8) is 0 Å². The molecule has 0 fully saturated rings. The first-order chi connectivity index (χ1) is 10.1. The van der Waals surface area contributed by atoms with Crippen molar-refractivity contribution >= 4 is 21.8 Å². The Bertz CT molecular complexity index is 644. The van der Waals surface area contributed by atoms with Crippen LogP contribution in [-0.4, -0.2) is 12.9 Å². The Kier molecular flexibility index (Phi) is 5.36. The SMILES string of the molecule is COc1cc(COCc2cccc(Br)c2)ccc1C(=N)N. The van der Waals surface area contributed by atoms with Gasteiger partial charge < -0.3 is 15.2 Å². The number of rotatable bonds is 6. The first-order valence-corrected chi connectivity index (χ1v) is 7.23. The number of benzene rings is 2. The number of hydrogen-bond donors (Lipinski definition) is 2. The minimum absolute atomic E-state index is 0.00606. The van der Waals surface area contributed by atoms with E-state index in [0.717, 1.165) is 15.6 Å². The molecule has 0 atom stereocenters. The van der Waals surface area contributed by atoms with Gasteiger partial charge in [-0.2, -0.15) is 0 Å². The first kappa shape index (κ1) is 15.5. The molecule has 110 valence electrons. The van der Waals surface area contributed by atoms with Crippen LogP contribution in [0.3, 0.4) is 0 Å². The topological polar surface area (TPSA) is 68.3 Å². The summed E-state index contributed by atoms with van der Waals surface area (Å²) in [4.78, 5) is 0. The molecule has 0 aliphatic rings. The van der Waals surface area contributed by atoms with Gasteiger partial charge in [0.15, 0.2) is 0 Å². The Morgan fingerprint density at radius 3 is 2.48 bits per heavy atom. The number of hydrogen-bond acceptors (Lipinski definition) is 3. The van der Waals surface area contributed by atoms with E-state index in [1.54, 1.807) is 13.2 Å². The van der Waals surface area contributed by atoms with E-state index < -0.39 is 0 Å². The molecule has 0 radical (unpaired) electrons. The van der Waals surface area contributed by atoms with Crippen molar-refractivity contribution in [2.24, 2.45) is 5.73 Å². The number of nitrogen functional groups attached to an aromatic ring is 1. The van der Waals surface area contributed by atoms with Gasteiger partial charge in [-0.25, -0.2) is 0 Å². The maximum Gasteiger partial charge on any atom is 0.130 e. The second kappa shape index (κ2) is 7.24. The second-order valence-electron chi connectivity index (χ2n) is 4.57. The molecule has 21 heavy (non-hydrogen) atoms. The lowest BCUT2D eigenvalue weighted by atomic mass is 10.1. The molecule has 0 spiro atoms. The Hall–Kier alpha value is -1.85. The summed E-state index contributed by atoms with van der Waals surface area (Å²) in [5, 5.41) is 7.48. The zero-order valence-corrected chi connectivity index (χ0v) is 13.3. The van der Waals surface area contributed by atoms with E-state index in [9.17, 15) is 0 Å². The second-order valence-corrected chi connectivity index (χ2v) is 5.49. The third kappa shape index (κ3) is 4.31. The summed E-state index contributed by atoms with van der Waals surface area (Å²) >= 11 is 3.44. The summed E-state index contributed by atoms with van der Waals surface area (Å²) in [6.45, 7) is 1.01. The van der Waals surface area contributed by atoms with E-state index in [0.29, 0.717) is 24.5 Å². The molecule has 0 aliphatic heterocycles. The van der Waals surface area contributed by atoms with Gasteiger partial charge in [-0.05, 0) is 35.4 Å². The summed E-state index contributed by atoms with van der Waals surface area (Å²) in [6.07, 6.45) is 0. The summed E-state index contributed by atoms with van der Waals surface area (Å²) < 4.78 is 12.0. The van der Waals surface area contributed by atoms with Crippen molar-refractivity contribution in [3.05, 3.63) is 63.6 Å². The van der Waals surface area contributed by atoms with Gasteiger partial charge in [0.2, 0.25) is 0 Å². The molecule has 2 aromatic carbocycles. The van der Waals surface area contributed by atoms with Crippen LogP contribution in [-0.2, 0) is 18.0 Å². The van der Waals surface area contributed by atoms with Gasteiger partial charge in [0.25, 0.3) is 0 Å². The molecule has 0 aromatic heterocycles. The van der Waals surface area contributed by atoms with Gasteiger partial charge in [-0.15, -0.1) is 0 Å². The van der Waals surface area contributed by atoms with Crippen molar-refractivity contribution in [1.29, 1.82) is 5.41 Å². The Morgan fingerprint density at radius 1 is 1.14 bits per heavy atom. The molecule has 0 heterocycles. The van der Waals surface area contributed by atoms with E-state index >= 15 is 0 Å². The van der Waals surface area contributed by atoms with Crippen LogP contribution in [0.15, 0.2) is 46.9 Å². The van der Waals surface area contributed by atoms with Gasteiger partial charge in [0.05, 0.1) is 25.9 Å². The maximum atomic E-state index is 7.48. The van der Waals surface area contributed by atoms with Gasteiger partial charge in [0.1, 0.15) is 11.6 Å². The summed E-state index contributed by atoms with van der Waals surface area (Å²) in [7, 11) is 1.56. The molecular weight excluding hydrogens is 332 g/mol. The van der Waals surface area contributed by atoms with Crippen LogP contribution >= 0.6 is 15.9 Å². The van der Waals surface area contributed by atoms with E-state index in [1.165, 1.54) is 0 Å². The Labute approximate surface area is 132 Å². The van der Waals surface area contributed by atoms with Crippen LogP contribution in [0.1, 0.15) is 16.7 Å². The monoisotopic (exact) mass is 348 g/mol. The normalized spacial score (nSPS) is 10.4. The fourth-order valence-corrected chi connectivity index (χ4v) is 2.41. The number of amidine groups is 1. The van der Waals surface area contributed by atoms with Crippen molar-refractivity contribution in [1.82, 2.24) is 0 Å². The lowest BCUT2D eigenvalue weighted by Gasteiger charge is -2.10. The highest BCUT2D eigenvalue weighted by Gasteiger charge is 2.07. The van der Waals surface area contributed by atoms with Gasteiger partial charge >= 0.3 is 0 Å². The van der Waals surface area contributed by atoms with Crippen molar-refractivity contribution in [2.75, 3.05) is 7.11 Å². The molecule has 2 aromatic rings. The minimum atomic E-state index is -0.00606. The minimum Gasteiger partial charge on any atom is -0.496 e. The molecule has 0 bridgehead atoms. The number of nitrogens with one attached hydrogen (secondary N) is 1. The fraction of sp³-hybridized carbons (Fsp3) is 0.188. The molecule has 3 N–H and O–H groups in total. The van der Waals surface area contributed by atoms with Gasteiger partial charge in [0, 0.05) is 4.47 Å². The van der Waals surface area contributed by atoms with Crippen LogP contribution in [0.5, 0.6) is 5.75 Å². The van der Waals surface area contributed by atoms with E-state index in [-0.39, 0.29) is 5.84 Å². The quantitative estimate of drug-likeness (QED) is 0.620. The molecule has 0 saturated carbocycles. The zero-order valence-electron chi connectivity index (χ0n) is 11.7. The van der Waals surface area contributed by atoms with Gasteiger partial charge in [-0.3, -0.25) is 5.41 Å². The molecule has 5 heteroatoms. The van der Waals surface area contributed by atoms with Crippen LogP contribution in [0.4, 0.5) is 0 Å². The van der Waals surface area contributed by atoms with Crippen molar-refractivity contribution < 1.29 is 9.47 Å². The lowest BCUT2D eigenvalue weighted by Crippen LogP contribution is -2.12. The molecule has 0 amide bonds. The summed E-state index contributed by atoms with van der Waals surface area (Å²) in [6, 6.07) is 13.5. The summed E-state index contributed by atoms with van der Waals surface area (Å²) in [5.74, 6) is 0.583. The van der Waals surface area contributed by atoms with E-state index in [4.69, 9.17) is 20.6 Å². The predicted molar refractivity (Wildman–Crippen MR) is 86.6 cm³/mol.